The number of rotatable bonds is 33. The van der Waals surface area contributed by atoms with Crippen LogP contribution in [-0.2, 0) is 0 Å². The molecule has 222 valence electrons. The Morgan fingerprint density at radius 1 is 0.297 bits per heavy atom. The molecule has 0 aliphatic carbocycles. The molecule has 0 saturated heterocycles. The van der Waals surface area contributed by atoms with Crippen molar-refractivity contribution in [3.8, 4) is 0 Å². The van der Waals surface area contributed by atoms with Crippen LogP contribution in [0, 0.1) is 0 Å². The van der Waals surface area contributed by atoms with E-state index in [1.165, 1.54) is 206 Å². The van der Waals surface area contributed by atoms with E-state index in [2.05, 4.69) is 31.3 Å². The summed E-state index contributed by atoms with van der Waals surface area (Å²) in [4.78, 5) is 0. The minimum absolute atomic E-state index is 1.24. The summed E-state index contributed by atoms with van der Waals surface area (Å²) < 4.78 is 0. The highest BCUT2D eigenvalue weighted by atomic mass is 14.8. The highest BCUT2D eigenvalue weighted by Crippen LogP contribution is 2.14. The summed E-state index contributed by atoms with van der Waals surface area (Å²) >= 11 is 0. The summed E-state index contributed by atoms with van der Waals surface area (Å²) in [6, 6.07) is 0. The van der Waals surface area contributed by atoms with E-state index < -0.39 is 0 Å². The topological polar surface area (TPSA) is 12.0 Å². The Morgan fingerprint density at radius 2 is 0.541 bits per heavy atom. The van der Waals surface area contributed by atoms with Gasteiger partial charge in [-0.2, -0.15) is 0 Å². The van der Waals surface area contributed by atoms with E-state index in [0.717, 1.165) is 0 Å². The second-order valence-corrected chi connectivity index (χ2v) is 12.0. The molecule has 1 heteroatoms. The van der Waals surface area contributed by atoms with Crippen molar-refractivity contribution in [3.63, 3.8) is 0 Å². The molecule has 1 nitrogen and oxygen atoms in total. The lowest BCUT2D eigenvalue weighted by Gasteiger charge is -2.05. The van der Waals surface area contributed by atoms with Crippen LogP contribution in [0.25, 0.3) is 0 Å². The normalized spacial score (nSPS) is 11.7. The molecule has 0 aliphatic heterocycles. The standard InChI is InChI=1S/C36H73N/c1-3-5-7-9-11-13-15-17-19-21-23-25-27-29-31-33-35-37-36-34-32-30-28-26-24-22-20-18-16-14-12-10-8-6-4-2/h17,19,37H,3-16,18,20-36H2,1-2H3/b19-17+. The van der Waals surface area contributed by atoms with E-state index >= 15 is 0 Å². The van der Waals surface area contributed by atoms with Crippen LogP contribution in [0.15, 0.2) is 12.2 Å². The maximum atomic E-state index is 3.68. The molecule has 0 rings (SSSR count). The fourth-order valence-corrected chi connectivity index (χ4v) is 5.42. The summed E-state index contributed by atoms with van der Waals surface area (Å²) in [5.41, 5.74) is 0. The molecule has 1 N–H and O–H groups in total. The third-order valence-corrected chi connectivity index (χ3v) is 8.07. The van der Waals surface area contributed by atoms with Crippen molar-refractivity contribution in [3.05, 3.63) is 12.2 Å². The van der Waals surface area contributed by atoms with Gasteiger partial charge in [0.2, 0.25) is 0 Å². The Morgan fingerprint density at radius 3 is 0.838 bits per heavy atom. The second kappa shape index (κ2) is 35.7. The van der Waals surface area contributed by atoms with Crippen LogP contribution in [0.4, 0.5) is 0 Å². The van der Waals surface area contributed by atoms with Gasteiger partial charge in [0.1, 0.15) is 0 Å². The zero-order chi connectivity index (χ0) is 26.7. The highest BCUT2D eigenvalue weighted by molar-refractivity contribution is 4.81. The van der Waals surface area contributed by atoms with E-state index in [1.807, 2.05) is 0 Å². The summed E-state index contributed by atoms with van der Waals surface area (Å²) in [5.74, 6) is 0. The van der Waals surface area contributed by atoms with Crippen LogP contribution in [0.5, 0.6) is 0 Å². The first-order chi connectivity index (χ1) is 18.4. The largest absolute Gasteiger partial charge is 0.317 e. The van der Waals surface area contributed by atoms with Gasteiger partial charge < -0.3 is 5.32 Å². The molecule has 0 aliphatic rings. The van der Waals surface area contributed by atoms with Gasteiger partial charge >= 0.3 is 0 Å². The van der Waals surface area contributed by atoms with Gasteiger partial charge in [-0.1, -0.05) is 180 Å². The zero-order valence-corrected chi connectivity index (χ0v) is 26.3. The van der Waals surface area contributed by atoms with E-state index in [9.17, 15) is 0 Å². The van der Waals surface area contributed by atoms with Gasteiger partial charge in [0.15, 0.2) is 0 Å². The minimum atomic E-state index is 1.24. The first kappa shape index (κ1) is 36.7. The molecule has 0 aromatic rings. The first-order valence-electron chi connectivity index (χ1n) is 17.8. The van der Waals surface area contributed by atoms with Crippen molar-refractivity contribution >= 4 is 0 Å². The Balaban J connectivity index is 3.05. The predicted octanol–water partition coefficient (Wildman–Crippen LogP) is 12.9. The fraction of sp³-hybridized carbons (Fsp3) is 0.944. The molecule has 0 atom stereocenters. The summed E-state index contributed by atoms with van der Waals surface area (Å²) in [6.07, 6.45) is 47.7. The van der Waals surface area contributed by atoms with Crippen LogP contribution in [0.2, 0.25) is 0 Å². The Labute approximate surface area is 236 Å². The molecule has 37 heavy (non-hydrogen) atoms. The van der Waals surface area contributed by atoms with Crippen molar-refractivity contribution in [2.45, 2.75) is 206 Å². The van der Waals surface area contributed by atoms with Gasteiger partial charge in [0.05, 0.1) is 0 Å². The zero-order valence-electron chi connectivity index (χ0n) is 26.3. The minimum Gasteiger partial charge on any atom is -0.317 e. The molecule has 0 aromatic heterocycles. The average molecular weight is 520 g/mol. The quantitative estimate of drug-likeness (QED) is 0.0671. The first-order valence-corrected chi connectivity index (χ1v) is 17.8. The third-order valence-electron chi connectivity index (χ3n) is 8.07. The Hall–Kier alpha value is -0.300. The highest BCUT2D eigenvalue weighted by Gasteiger charge is 1.96. The lowest BCUT2D eigenvalue weighted by Crippen LogP contribution is -2.16. The summed E-state index contributed by atoms with van der Waals surface area (Å²) in [7, 11) is 0. The number of hydrogen-bond acceptors (Lipinski definition) is 1. The predicted molar refractivity (Wildman–Crippen MR) is 172 cm³/mol. The summed E-state index contributed by atoms with van der Waals surface area (Å²) in [5, 5.41) is 3.68. The maximum absolute atomic E-state index is 3.68. The molecular weight excluding hydrogens is 446 g/mol. The average Bonchev–Trinajstić information content (AvgIpc) is 2.91. The monoisotopic (exact) mass is 520 g/mol. The van der Waals surface area contributed by atoms with E-state index in [-0.39, 0.29) is 0 Å². The van der Waals surface area contributed by atoms with Gasteiger partial charge in [-0.3, -0.25) is 0 Å². The van der Waals surface area contributed by atoms with Crippen LogP contribution in [0.3, 0.4) is 0 Å². The van der Waals surface area contributed by atoms with Crippen molar-refractivity contribution in [2.75, 3.05) is 13.1 Å². The Kier molecular flexibility index (Phi) is 35.4. The SMILES string of the molecule is CCCCCCCC/C=C/CCCCCCCCNCCCCCCCCCCCCCCCCCC. The molecule has 0 aromatic carbocycles. The molecule has 0 spiro atoms. The Bertz CT molecular complexity index is 401. The van der Waals surface area contributed by atoms with Crippen LogP contribution in [-0.4, -0.2) is 13.1 Å². The van der Waals surface area contributed by atoms with Crippen molar-refractivity contribution in [2.24, 2.45) is 0 Å². The molecule has 0 unspecified atom stereocenters. The van der Waals surface area contributed by atoms with Crippen molar-refractivity contribution in [1.29, 1.82) is 0 Å². The number of nitrogens with one attached hydrogen (secondary N) is 1. The van der Waals surface area contributed by atoms with Crippen molar-refractivity contribution < 1.29 is 0 Å². The molecule has 0 amide bonds. The molecule has 0 heterocycles. The number of allylic oxidation sites excluding steroid dienone is 2. The molecule has 0 saturated carbocycles. The lowest BCUT2D eigenvalue weighted by atomic mass is 10.0. The van der Waals surface area contributed by atoms with Crippen LogP contribution < -0.4 is 5.32 Å². The van der Waals surface area contributed by atoms with E-state index in [1.54, 1.807) is 0 Å². The smallest absolute Gasteiger partial charge is 0.00489 e. The van der Waals surface area contributed by atoms with E-state index in [4.69, 9.17) is 0 Å². The fourth-order valence-electron chi connectivity index (χ4n) is 5.42. The lowest BCUT2D eigenvalue weighted by molar-refractivity contribution is 0.520. The molecule has 0 fully saturated rings. The second-order valence-electron chi connectivity index (χ2n) is 12.0. The van der Waals surface area contributed by atoms with Gasteiger partial charge in [0.25, 0.3) is 0 Å². The van der Waals surface area contributed by atoms with Crippen LogP contribution >= 0.6 is 0 Å². The van der Waals surface area contributed by atoms with Gasteiger partial charge in [-0.15, -0.1) is 0 Å². The number of hydrogen-bond donors (Lipinski definition) is 1. The number of unbranched alkanes of at least 4 members (excludes halogenated alkanes) is 27. The molecule has 0 radical (unpaired) electrons. The van der Waals surface area contributed by atoms with Gasteiger partial charge in [-0.25, -0.2) is 0 Å². The maximum Gasteiger partial charge on any atom is -0.00489 e. The van der Waals surface area contributed by atoms with Gasteiger partial charge in [-0.05, 0) is 51.6 Å². The summed E-state index contributed by atoms with van der Waals surface area (Å²) in [6.45, 7) is 7.08. The van der Waals surface area contributed by atoms with Gasteiger partial charge in [0, 0.05) is 0 Å². The molecule has 0 bridgehead atoms. The van der Waals surface area contributed by atoms with Crippen LogP contribution in [0.1, 0.15) is 206 Å². The van der Waals surface area contributed by atoms with Crippen molar-refractivity contribution in [1.82, 2.24) is 5.32 Å². The third kappa shape index (κ3) is 35.7. The molecular formula is C36H73N. The van der Waals surface area contributed by atoms with E-state index in [0.29, 0.717) is 0 Å².